The van der Waals surface area contributed by atoms with Crippen molar-refractivity contribution in [2.75, 3.05) is 0 Å². The van der Waals surface area contributed by atoms with E-state index in [0.29, 0.717) is 12.8 Å². The Kier molecular flexibility index (Phi) is 4.30. The number of carbonyl (C=O) groups excluding carboxylic acids is 1. The highest BCUT2D eigenvalue weighted by atomic mass is 32.1. The second-order valence-corrected chi connectivity index (χ2v) is 4.24. The second kappa shape index (κ2) is 5.50. The summed E-state index contributed by atoms with van der Waals surface area (Å²) in [7, 11) is 0. The summed E-state index contributed by atoms with van der Waals surface area (Å²) in [4.78, 5) is 22.9. The van der Waals surface area contributed by atoms with E-state index in [1.54, 1.807) is 11.3 Å². The Morgan fingerprint density at radius 2 is 2.33 bits per heavy atom. The molecular formula is C10H13NO3S. The van der Waals surface area contributed by atoms with Gasteiger partial charge in [0.2, 0.25) is 5.91 Å². The lowest BCUT2D eigenvalue weighted by atomic mass is 10.2. The third kappa shape index (κ3) is 4.12. The molecule has 1 aromatic rings. The first-order valence-electron chi connectivity index (χ1n) is 4.64. The average molecular weight is 227 g/mol. The number of aliphatic carboxylic acids is 1. The van der Waals surface area contributed by atoms with Gasteiger partial charge in [-0.05, 0) is 24.8 Å². The molecule has 0 aliphatic heterocycles. The number of carboxylic acids is 1. The number of hydrogen-bond acceptors (Lipinski definition) is 3. The molecule has 1 atom stereocenters. The topological polar surface area (TPSA) is 66.4 Å². The fourth-order valence-corrected chi connectivity index (χ4v) is 1.78. The van der Waals surface area contributed by atoms with Gasteiger partial charge >= 0.3 is 5.97 Å². The molecule has 1 heterocycles. The minimum Gasteiger partial charge on any atom is -0.480 e. The summed E-state index contributed by atoms with van der Waals surface area (Å²) in [5.74, 6) is -1.24. The normalized spacial score (nSPS) is 12.1. The first kappa shape index (κ1) is 11.7. The van der Waals surface area contributed by atoms with E-state index in [-0.39, 0.29) is 5.91 Å². The maximum absolute atomic E-state index is 11.3. The molecule has 0 aromatic carbocycles. The summed E-state index contributed by atoms with van der Waals surface area (Å²) in [6.45, 7) is 1.45. The zero-order chi connectivity index (χ0) is 11.3. The minimum absolute atomic E-state index is 0.224. The van der Waals surface area contributed by atoms with Crippen molar-refractivity contribution in [3.63, 3.8) is 0 Å². The first-order valence-corrected chi connectivity index (χ1v) is 5.52. The van der Waals surface area contributed by atoms with E-state index >= 15 is 0 Å². The van der Waals surface area contributed by atoms with E-state index in [2.05, 4.69) is 5.32 Å². The second-order valence-electron chi connectivity index (χ2n) is 3.21. The van der Waals surface area contributed by atoms with E-state index in [1.165, 1.54) is 6.92 Å². The number of thiophene rings is 1. The molecule has 1 aromatic heterocycles. The number of hydrogen-bond donors (Lipinski definition) is 2. The molecule has 0 saturated carbocycles. The van der Waals surface area contributed by atoms with Crippen molar-refractivity contribution < 1.29 is 14.7 Å². The van der Waals surface area contributed by atoms with Crippen molar-refractivity contribution in [1.82, 2.24) is 5.32 Å². The highest BCUT2D eigenvalue weighted by Crippen LogP contribution is 2.10. The average Bonchev–Trinajstić information content (AvgIpc) is 2.66. The lowest BCUT2D eigenvalue weighted by molar-refractivity contribution is -0.141. The van der Waals surface area contributed by atoms with Crippen molar-refractivity contribution in [1.29, 1.82) is 0 Å². The van der Waals surface area contributed by atoms with Gasteiger partial charge in [0.05, 0.1) is 0 Å². The molecule has 2 N–H and O–H groups in total. The maximum atomic E-state index is 11.3. The van der Waals surface area contributed by atoms with Gasteiger partial charge in [0, 0.05) is 11.3 Å². The molecule has 0 aliphatic carbocycles. The Balaban J connectivity index is 2.28. The monoisotopic (exact) mass is 227 g/mol. The van der Waals surface area contributed by atoms with E-state index < -0.39 is 12.0 Å². The number of carboxylic acid groups (broad SMARTS) is 1. The molecule has 0 unspecified atom stereocenters. The first-order chi connectivity index (χ1) is 7.09. The number of amides is 1. The van der Waals surface area contributed by atoms with E-state index in [1.807, 2.05) is 17.5 Å². The number of aryl methyl sites for hydroxylation is 1. The highest BCUT2D eigenvalue weighted by molar-refractivity contribution is 7.09. The van der Waals surface area contributed by atoms with Crippen LogP contribution in [0.2, 0.25) is 0 Å². The van der Waals surface area contributed by atoms with Gasteiger partial charge in [-0.2, -0.15) is 0 Å². The van der Waals surface area contributed by atoms with Crippen LogP contribution in [0.15, 0.2) is 17.5 Å². The predicted molar refractivity (Wildman–Crippen MR) is 57.9 cm³/mol. The maximum Gasteiger partial charge on any atom is 0.325 e. The van der Waals surface area contributed by atoms with Crippen molar-refractivity contribution in [3.8, 4) is 0 Å². The molecule has 15 heavy (non-hydrogen) atoms. The van der Waals surface area contributed by atoms with Crippen LogP contribution >= 0.6 is 11.3 Å². The molecule has 0 fully saturated rings. The van der Waals surface area contributed by atoms with Crippen LogP contribution < -0.4 is 5.32 Å². The number of nitrogens with one attached hydrogen (secondary N) is 1. The van der Waals surface area contributed by atoms with Crippen LogP contribution in [0.25, 0.3) is 0 Å². The van der Waals surface area contributed by atoms with Gasteiger partial charge in [0.1, 0.15) is 6.04 Å². The van der Waals surface area contributed by atoms with Crippen molar-refractivity contribution >= 4 is 23.2 Å². The molecule has 0 radical (unpaired) electrons. The lowest BCUT2D eigenvalue weighted by Crippen LogP contribution is -2.38. The van der Waals surface area contributed by atoms with E-state index in [0.717, 1.165) is 4.88 Å². The molecule has 0 spiro atoms. The third-order valence-electron chi connectivity index (χ3n) is 1.93. The molecular weight excluding hydrogens is 214 g/mol. The zero-order valence-corrected chi connectivity index (χ0v) is 9.21. The van der Waals surface area contributed by atoms with Crippen molar-refractivity contribution in [3.05, 3.63) is 22.4 Å². The van der Waals surface area contributed by atoms with Crippen LogP contribution in [0.3, 0.4) is 0 Å². The molecule has 1 amide bonds. The van der Waals surface area contributed by atoms with Crippen LogP contribution in [-0.2, 0) is 16.0 Å². The van der Waals surface area contributed by atoms with Crippen molar-refractivity contribution in [2.45, 2.75) is 25.8 Å². The number of rotatable bonds is 5. The standard InChI is InChI=1S/C10H13NO3S/c1-7(10(13)14)11-9(12)5-4-8-3-2-6-15-8/h2-3,6-7H,4-5H2,1H3,(H,11,12)(H,13,14)/t7-/m0/s1. The fourth-order valence-electron chi connectivity index (χ4n) is 1.07. The number of carbonyl (C=O) groups is 2. The van der Waals surface area contributed by atoms with Crippen LogP contribution in [0.1, 0.15) is 18.2 Å². The van der Waals surface area contributed by atoms with Gasteiger partial charge in [-0.25, -0.2) is 0 Å². The fraction of sp³-hybridized carbons (Fsp3) is 0.400. The molecule has 0 bridgehead atoms. The molecule has 5 heteroatoms. The summed E-state index contributed by atoms with van der Waals surface area (Å²) in [6.07, 6.45) is 0.994. The van der Waals surface area contributed by atoms with E-state index in [4.69, 9.17) is 5.11 Å². The van der Waals surface area contributed by atoms with Gasteiger partial charge in [0.25, 0.3) is 0 Å². The van der Waals surface area contributed by atoms with Crippen LogP contribution in [0.5, 0.6) is 0 Å². The summed E-state index contributed by atoms with van der Waals surface area (Å²) < 4.78 is 0. The highest BCUT2D eigenvalue weighted by Gasteiger charge is 2.13. The SMILES string of the molecule is C[C@H](NC(=O)CCc1cccs1)C(=O)O. The summed E-state index contributed by atoms with van der Waals surface area (Å²) in [5.41, 5.74) is 0. The molecule has 0 aliphatic rings. The van der Waals surface area contributed by atoms with Gasteiger partial charge in [0.15, 0.2) is 0 Å². The molecule has 0 saturated heterocycles. The Bertz CT molecular complexity index is 334. The molecule has 82 valence electrons. The third-order valence-corrected chi connectivity index (χ3v) is 2.86. The van der Waals surface area contributed by atoms with Crippen LogP contribution in [0.4, 0.5) is 0 Å². The summed E-state index contributed by atoms with van der Waals surface area (Å²) >= 11 is 1.59. The quantitative estimate of drug-likeness (QED) is 0.796. The lowest BCUT2D eigenvalue weighted by Gasteiger charge is -2.08. The van der Waals surface area contributed by atoms with E-state index in [9.17, 15) is 9.59 Å². The van der Waals surface area contributed by atoms with Gasteiger partial charge in [-0.3, -0.25) is 9.59 Å². The van der Waals surface area contributed by atoms with Crippen LogP contribution in [-0.4, -0.2) is 23.0 Å². The molecule has 1 rings (SSSR count). The molecule has 4 nitrogen and oxygen atoms in total. The zero-order valence-electron chi connectivity index (χ0n) is 8.40. The Morgan fingerprint density at radius 3 is 2.87 bits per heavy atom. The predicted octanol–water partition coefficient (Wildman–Crippen LogP) is 1.27. The minimum atomic E-state index is -1.01. The Morgan fingerprint density at radius 1 is 1.60 bits per heavy atom. The smallest absolute Gasteiger partial charge is 0.325 e. The van der Waals surface area contributed by atoms with Crippen LogP contribution in [0, 0.1) is 0 Å². The van der Waals surface area contributed by atoms with Crippen molar-refractivity contribution in [2.24, 2.45) is 0 Å². The summed E-state index contributed by atoms with van der Waals surface area (Å²) in [6, 6.07) is 3.07. The summed E-state index contributed by atoms with van der Waals surface area (Å²) in [5, 5.41) is 12.9. The van der Waals surface area contributed by atoms with Gasteiger partial charge in [-0.1, -0.05) is 6.07 Å². The van der Waals surface area contributed by atoms with Gasteiger partial charge in [-0.15, -0.1) is 11.3 Å². The largest absolute Gasteiger partial charge is 0.480 e. The Labute approximate surface area is 91.9 Å². The van der Waals surface area contributed by atoms with Gasteiger partial charge < -0.3 is 10.4 Å². The Hall–Kier alpha value is -1.36.